The van der Waals surface area contributed by atoms with Gasteiger partial charge in [0.15, 0.2) is 0 Å². The van der Waals surface area contributed by atoms with Crippen molar-refractivity contribution in [2.24, 2.45) is 35.5 Å². The lowest BCUT2D eigenvalue weighted by atomic mass is 9.91. The molecule has 0 aromatic heterocycles. The van der Waals surface area contributed by atoms with Crippen molar-refractivity contribution in [2.75, 3.05) is 0 Å². The van der Waals surface area contributed by atoms with E-state index >= 15 is 0 Å². The molecule has 0 nitrogen and oxygen atoms in total. The van der Waals surface area contributed by atoms with E-state index in [1.54, 1.807) is 0 Å². The van der Waals surface area contributed by atoms with E-state index in [2.05, 4.69) is 69.2 Å². The summed E-state index contributed by atoms with van der Waals surface area (Å²) in [5.41, 5.74) is 0. The Labute approximate surface area is 145 Å². The maximum absolute atomic E-state index is 2.35. The van der Waals surface area contributed by atoms with Gasteiger partial charge in [0.2, 0.25) is 0 Å². The molecule has 0 amide bonds. The van der Waals surface area contributed by atoms with Crippen molar-refractivity contribution in [3.8, 4) is 0 Å². The fourth-order valence-electron chi connectivity index (χ4n) is 1.86. The largest absolute Gasteiger partial charge is 0.0776 e. The summed E-state index contributed by atoms with van der Waals surface area (Å²) < 4.78 is 0. The number of rotatable bonds is 8. The zero-order chi connectivity index (χ0) is 16.3. The van der Waals surface area contributed by atoms with Crippen LogP contribution in [0, 0.1) is 35.5 Å². The van der Waals surface area contributed by atoms with Gasteiger partial charge in [0.25, 0.3) is 0 Å². The second kappa shape index (κ2) is 17.4. The third kappa shape index (κ3) is 22.3. The van der Waals surface area contributed by atoms with Crippen molar-refractivity contribution in [3.63, 3.8) is 0 Å². The van der Waals surface area contributed by atoms with E-state index in [0.29, 0.717) is 0 Å². The standard InChI is InChI=1S/2C10H22.2CH4/c2*1-8(2)6-7-10(5)9(3)4;;/h2*8-10H,6-7H2,1-5H3;2*1H4. The Balaban J connectivity index is -0.000000135. The lowest BCUT2D eigenvalue weighted by Crippen LogP contribution is -2.04. The molecular formula is C22H52. The van der Waals surface area contributed by atoms with Gasteiger partial charge in [-0.25, -0.2) is 0 Å². The first-order chi connectivity index (χ1) is 9.07. The molecule has 0 bridgehead atoms. The van der Waals surface area contributed by atoms with E-state index in [4.69, 9.17) is 0 Å². The molecule has 0 heterocycles. The predicted molar refractivity (Wildman–Crippen MR) is 110 cm³/mol. The first-order valence-electron chi connectivity index (χ1n) is 9.07. The maximum Gasteiger partial charge on any atom is -0.0420 e. The average Bonchev–Trinajstić information content (AvgIpc) is 2.33. The molecule has 0 saturated carbocycles. The second-order valence-corrected chi connectivity index (χ2v) is 8.38. The predicted octanol–water partition coefficient (Wildman–Crippen LogP) is 8.70. The summed E-state index contributed by atoms with van der Waals surface area (Å²) in [7, 11) is 0. The van der Waals surface area contributed by atoms with Gasteiger partial charge in [-0.2, -0.15) is 0 Å². The van der Waals surface area contributed by atoms with Gasteiger partial charge in [0.1, 0.15) is 0 Å². The SMILES string of the molecule is C.C.CC(C)CCC(C)C(C)C.CC(C)CCC(C)C(C)C. The first-order valence-corrected chi connectivity index (χ1v) is 9.07. The Kier molecular flexibility index (Phi) is 23.6. The quantitative estimate of drug-likeness (QED) is 0.420. The summed E-state index contributed by atoms with van der Waals surface area (Å²) in [6.45, 7) is 23.1. The van der Waals surface area contributed by atoms with Crippen LogP contribution in [0.3, 0.4) is 0 Å². The van der Waals surface area contributed by atoms with Gasteiger partial charge in [0.05, 0.1) is 0 Å². The minimum absolute atomic E-state index is 0. The lowest BCUT2D eigenvalue weighted by Gasteiger charge is -2.15. The Morgan fingerprint density at radius 2 is 0.636 bits per heavy atom. The van der Waals surface area contributed by atoms with Crippen LogP contribution in [0.1, 0.15) is 110 Å². The van der Waals surface area contributed by atoms with E-state index in [0.717, 1.165) is 35.5 Å². The van der Waals surface area contributed by atoms with Crippen LogP contribution in [0.5, 0.6) is 0 Å². The minimum Gasteiger partial charge on any atom is -0.0776 e. The molecular weight excluding hydrogens is 264 g/mol. The summed E-state index contributed by atoms with van der Waals surface area (Å²) in [6, 6.07) is 0. The third-order valence-electron chi connectivity index (χ3n) is 4.67. The molecule has 0 saturated heterocycles. The Bertz CT molecular complexity index is 166. The average molecular weight is 317 g/mol. The normalized spacial score (nSPS) is 13.4. The van der Waals surface area contributed by atoms with Gasteiger partial charge in [-0.05, 0) is 35.5 Å². The molecule has 0 aromatic carbocycles. The Hall–Kier alpha value is 0. The molecule has 0 aliphatic carbocycles. The van der Waals surface area contributed by atoms with E-state index in [1.165, 1.54) is 25.7 Å². The maximum atomic E-state index is 2.35. The summed E-state index contributed by atoms with van der Waals surface area (Å²) in [6.07, 6.45) is 5.57. The van der Waals surface area contributed by atoms with Gasteiger partial charge < -0.3 is 0 Å². The zero-order valence-electron chi connectivity index (χ0n) is 16.3. The van der Waals surface area contributed by atoms with E-state index in [-0.39, 0.29) is 14.9 Å². The van der Waals surface area contributed by atoms with Crippen LogP contribution >= 0.6 is 0 Å². The zero-order valence-corrected chi connectivity index (χ0v) is 16.3. The van der Waals surface area contributed by atoms with Crippen molar-refractivity contribution >= 4 is 0 Å². The number of hydrogen-bond donors (Lipinski definition) is 0. The van der Waals surface area contributed by atoms with Gasteiger partial charge >= 0.3 is 0 Å². The van der Waals surface area contributed by atoms with Crippen LogP contribution in [0.15, 0.2) is 0 Å². The van der Waals surface area contributed by atoms with Gasteiger partial charge in [-0.1, -0.05) is 110 Å². The van der Waals surface area contributed by atoms with Crippen molar-refractivity contribution < 1.29 is 0 Å². The van der Waals surface area contributed by atoms with E-state index in [1.807, 2.05) is 0 Å². The minimum atomic E-state index is 0. The molecule has 2 unspecified atom stereocenters. The van der Waals surface area contributed by atoms with Gasteiger partial charge in [-0.15, -0.1) is 0 Å². The van der Waals surface area contributed by atoms with Gasteiger partial charge in [0, 0.05) is 0 Å². The second-order valence-electron chi connectivity index (χ2n) is 8.38. The van der Waals surface area contributed by atoms with Crippen LogP contribution in [-0.4, -0.2) is 0 Å². The summed E-state index contributed by atoms with van der Waals surface area (Å²) in [5.74, 6) is 5.28. The van der Waals surface area contributed by atoms with Crippen molar-refractivity contribution in [1.29, 1.82) is 0 Å². The Morgan fingerprint density at radius 3 is 0.773 bits per heavy atom. The van der Waals surface area contributed by atoms with Gasteiger partial charge in [-0.3, -0.25) is 0 Å². The molecule has 0 radical (unpaired) electrons. The highest BCUT2D eigenvalue weighted by Gasteiger charge is 2.07. The highest BCUT2D eigenvalue weighted by atomic mass is 14.1. The summed E-state index contributed by atoms with van der Waals surface area (Å²) in [5, 5.41) is 0. The van der Waals surface area contributed by atoms with E-state index < -0.39 is 0 Å². The van der Waals surface area contributed by atoms with E-state index in [9.17, 15) is 0 Å². The van der Waals surface area contributed by atoms with Crippen LogP contribution in [0.25, 0.3) is 0 Å². The molecule has 0 heteroatoms. The fourth-order valence-corrected chi connectivity index (χ4v) is 1.86. The molecule has 0 rings (SSSR count). The first kappa shape index (κ1) is 29.9. The van der Waals surface area contributed by atoms with Crippen molar-refractivity contribution in [3.05, 3.63) is 0 Å². The Morgan fingerprint density at radius 1 is 0.409 bits per heavy atom. The van der Waals surface area contributed by atoms with Crippen LogP contribution < -0.4 is 0 Å². The molecule has 0 N–H and O–H groups in total. The summed E-state index contributed by atoms with van der Waals surface area (Å²) >= 11 is 0. The lowest BCUT2D eigenvalue weighted by molar-refractivity contribution is 0.358. The molecule has 22 heavy (non-hydrogen) atoms. The molecule has 0 aliphatic heterocycles. The molecule has 0 aromatic rings. The third-order valence-corrected chi connectivity index (χ3v) is 4.67. The van der Waals surface area contributed by atoms with Crippen LogP contribution in [0.4, 0.5) is 0 Å². The fraction of sp³-hybridized carbons (Fsp3) is 1.00. The number of hydrogen-bond acceptors (Lipinski definition) is 0. The van der Waals surface area contributed by atoms with Crippen LogP contribution in [0.2, 0.25) is 0 Å². The van der Waals surface area contributed by atoms with Crippen LogP contribution in [-0.2, 0) is 0 Å². The molecule has 0 aliphatic rings. The molecule has 140 valence electrons. The highest BCUT2D eigenvalue weighted by Crippen LogP contribution is 2.19. The molecule has 0 spiro atoms. The molecule has 0 fully saturated rings. The monoisotopic (exact) mass is 316 g/mol. The smallest absolute Gasteiger partial charge is 0.0420 e. The van der Waals surface area contributed by atoms with Crippen molar-refractivity contribution in [2.45, 2.75) is 110 Å². The molecule has 2 atom stereocenters. The summed E-state index contributed by atoms with van der Waals surface area (Å²) in [4.78, 5) is 0. The highest BCUT2D eigenvalue weighted by molar-refractivity contribution is 4.59. The topological polar surface area (TPSA) is 0 Å². The van der Waals surface area contributed by atoms with Crippen molar-refractivity contribution in [1.82, 2.24) is 0 Å².